The highest BCUT2D eigenvalue weighted by Crippen LogP contribution is 2.28. The van der Waals surface area contributed by atoms with Crippen molar-refractivity contribution in [3.05, 3.63) is 58.6 Å². The van der Waals surface area contributed by atoms with E-state index in [1.54, 1.807) is 0 Å². The average molecular weight is 473 g/mol. The number of hydrogen-bond donors (Lipinski definition) is 1. The van der Waals surface area contributed by atoms with E-state index in [9.17, 15) is 26.8 Å². The van der Waals surface area contributed by atoms with Gasteiger partial charge < -0.3 is 10.1 Å². The third-order valence-electron chi connectivity index (χ3n) is 4.64. The number of carbonyl (C=O) groups is 2. The van der Waals surface area contributed by atoms with Crippen LogP contribution in [0, 0.1) is 11.6 Å². The summed E-state index contributed by atoms with van der Waals surface area (Å²) in [7, 11) is -3.89. The first-order valence-corrected chi connectivity index (χ1v) is 11.2. The van der Waals surface area contributed by atoms with Crippen molar-refractivity contribution < 1.29 is 31.5 Å². The van der Waals surface area contributed by atoms with Gasteiger partial charge in [-0.25, -0.2) is 22.0 Å². The quantitative estimate of drug-likeness (QED) is 0.648. The van der Waals surface area contributed by atoms with Crippen molar-refractivity contribution in [3.63, 3.8) is 0 Å². The fourth-order valence-electron chi connectivity index (χ4n) is 3.07. The summed E-state index contributed by atoms with van der Waals surface area (Å²) in [5.74, 6) is -3.47. The molecule has 2 aromatic rings. The molecule has 0 bridgehead atoms. The van der Waals surface area contributed by atoms with Crippen LogP contribution in [0.2, 0.25) is 5.02 Å². The lowest BCUT2D eigenvalue weighted by Crippen LogP contribution is -2.35. The molecule has 0 radical (unpaired) electrons. The number of hydrogen-bond acceptors (Lipinski definition) is 5. The molecule has 1 aliphatic rings. The minimum absolute atomic E-state index is 0.0403. The summed E-state index contributed by atoms with van der Waals surface area (Å²) >= 11 is 6.06. The van der Waals surface area contributed by atoms with Crippen molar-refractivity contribution >= 4 is 39.2 Å². The standard InChI is InChI=1S/C20H19ClF2N2O5S/c21-15-6-4-13(10-18(15)31(28,29)25-8-2-1-3-9-25)20(27)30-12-19(26)24-17-11-14(22)5-7-16(17)23/h4-7,10-11H,1-3,8-9,12H2,(H,24,26). The molecule has 2 aromatic carbocycles. The van der Waals surface area contributed by atoms with Crippen LogP contribution in [0.3, 0.4) is 0 Å². The van der Waals surface area contributed by atoms with E-state index in [1.165, 1.54) is 16.4 Å². The average Bonchev–Trinajstić information content (AvgIpc) is 2.75. The molecule has 1 N–H and O–H groups in total. The molecule has 3 rings (SSSR count). The van der Waals surface area contributed by atoms with Crippen LogP contribution in [-0.2, 0) is 19.6 Å². The molecule has 0 unspecified atom stereocenters. The molecule has 0 atom stereocenters. The minimum Gasteiger partial charge on any atom is -0.452 e. The Morgan fingerprint density at radius 1 is 1.06 bits per heavy atom. The maximum Gasteiger partial charge on any atom is 0.338 e. The van der Waals surface area contributed by atoms with E-state index in [2.05, 4.69) is 5.32 Å². The van der Waals surface area contributed by atoms with Crippen LogP contribution >= 0.6 is 11.6 Å². The van der Waals surface area contributed by atoms with Crippen LogP contribution < -0.4 is 5.32 Å². The molecule has 0 aromatic heterocycles. The van der Waals surface area contributed by atoms with Crippen molar-refractivity contribution in [3.8, 4) is 0 Å². The van der Waals surface area contributed by atoms with Crippen LogP contribution in [0.4, 0.5) is 14.5 Å². The summed E-state index contributed by atoms with van der Waals surface area (Å²) in [6, 6.07) is 6.14. The number of amides is 1. The lowest BCUT2D eigenvalue weighted by molar-refractivity contribution is -0.119. The van der Waals surface area contributed by atoms with Gasteiger partial charge in [0.15, 0.2) is 6.61 Å². The van der Waals surface area contributed by atoms with Crippen LogP contribution in [0.1, 0.15) is 29.6 Å². The predicted octanol–water partition coefficient (Wildman–Crippen LogP) is 3.59. The maximum atomic E-state index is 13.6. The summed E-state index contributed by atoms with van der Waals surface area (Å²) in [5.41, 5.74) is -0.521. The second-order valence-corrected chi connectivity index (χ2v) is 9.17. The Balaban J connectivity index is 1.68. The minimum atomic E-state index is -3.89. The van der Waals surface area contributed by atoms with Gasteiger partial charge in [-0.3, -0.25) is 4.79 Å². The van der Waals surface area contributed by atoms with E-state index in [1.807, 2.05) is 0 Å². The molecule has 0 saturated carbocycles. The number of ether oxygens (including phenoxy) is 1. The molecule has 31 heavy (non-hydrogen) atoms. The molecule has 0 aliphatic carbocycles. The van der Waals surface area contributed by atoms with Crippen molar-refractivity contribution in [1.82, 2.24) is 4.31 Å². The van der Waals surface area contributed by atoms with Gasteiger partial charge in [0.1, 0.15) is 16.5 Å². The molecule has 1 fully saturated rings. The summed E-state index contributed by atoms with van der Waals surface area (Å²) in [5, 5.41) is 2.05. The first-order valence-electron chi connectivity index (χ1n) is 9.40. The Bertz CT molecular complexity index is 1100. The number of piperidine rings is 1. The van der Waals surface area contributed by atoms with Gasteiger partial charge in [0.05, 0.1) is 16.3 Å². The van der Waals surface area contributed by atoms with E-state index in [4.69, 9.17) is 16.3 Å². The van der Waals surface area contributed by atoms with Crippen LogP contribution in [0.5, 0.6) is 0 Å². The third-order valence-corrected chi connectivity index (χ3v) is 7.02. The van der Waals surface area contributed by atoms with Gasteiger partial charge in [-0.05, 0) is 43.2 Å². The molecular formula is C20H19ClF2N2O5S. The first kappa shape index (κ1) is 23.1. The Morgan fingerprint density at radius 2 is 1.77 bits per heavy atom. The molecular weight excluding hydrogens is 454 g/mol. The Hall–Kier alpha value is -2.56. The number of benzene rings is 2. The van der Waals surface area contributed by atoms with Crippen molar-refractivity contribution in [2.24, 2.45) is 0 Å². The van der Waals surface area contributed by atoms with E-state index >= 15 is 0 Å². The van der Waals surface area contributed by atoms with Gasteiger partial charge >= 0.3 is 5.97 Å². The third kappa shape index (κ3) is 5.57. The molecule has 1 heterocycles. The van der Waals surface area contributed by atoms with E-state index in [0.717, 1.165) is 43.5 Å². The lowest BCUT2D eigenvalue weighted by atomic mass is 10.2. The van der Waals surface area contributed by atoms with Gasteiger partial charge in [-0.1, -0.05) is 18.0 Å². The normalized spacial score (nSPS) is 14.8. The smallest absolute Gasteiger partial charge is 0.338 e. The topological polar surface area (TPSA) is 92.8 Å². The van der Waals surface area contributed by atoms with Gasteiger partial charge in [-0.15, -0.1) is 0 Å². The predicted molar refractivity (Wildman–Crippen MR) is 109 cm³/mol. The fraction of sp³-hybridized carbons (Fsp3) is 0.300. The van der Waals surface area contributed by atoms with Gasteiger partial charge in [-0.2, -0.15) is 4.31 Å². The monoisotopic (exact) mass is 472 g/mol. The number of nitrogens with zero attached hydrogens (tertiary/aromatic N) is 1. The van der Waals surface area contributed by atoms with Gasteiger partial charge in [0.2, 0.25) is 10.0 Å². The molecule has 0 spiro atoms. The SMILES string of the molecule is O=C(COC(=O)c1ccc(Cl)c(S(=O)(=O)N2CCCCC2)c1)Nc1cc(F)ccc1F. The molecule has 166 valence electrons. The van der Waals surface area contributed by atoms with Crippen LogP contribution in [0.25, 0.3) is 0 Å². The van der Waals surface area contributed by atoms with Crippen molar-refractivity contribution in [2.45, 2.75) is 24.2 Å². The summed E-state index contributed by atoms with van der Waals surface area (Å²) in [4.78, 5) is 24.0. The second kappa shape index (κ2) is 9.71. The van der Waals surface area contributed by atoms with Crippen molar-refractivity contribution in [2.75, 3.05) is 25.0 Å². The molecule has 7 nitrogen and oxygen atoms in total. The van der Waals surface area contributed by atoms with Crippen LogP contribution in [-0.4, -0.2) is 44.3 Å². The molecule has 1 aliphatic heterocycles. The Kier molecular flexibility index (Phi) is 7.24. The summed E-state index contributed by atoms with van der Waals surface area (Å²) in [6.45, 7) is -0.0556. The summed E-state index contributed by atoms with van der Waals surface area (Å²) in [6.07, 6.45) is 2.41. The van der Waals surface area contributed by atoms with E-state index in [0.29, 0.717) is 13.1 Å². The second-order valence-electron chi connectivity index (χ2n) is 6.86. The first-order chi connectivity index (χ1) is 14.7. The number of rotatable bonds is 6. The number of nitrogens with one attached hydrogen (secondary N) is 1. The number of sulfonamides is 1. The largest absolute Gasteiger partial charge is 0.452 e. The van der Waals surface area contributed by atoms with Crippen LogP contribution in [0.15, 0.2) is 41.3 Å². The molecule has 11 heteroatoms. The van der Waals surface area contributed by atoms with E-state index in [-0.39, 0.29) is 15.5 Å². The Morgan fingerprint density at radius 3 is 2.48 bits per heavy atom. The highest BCUT2D eigenvalue weighted by Gasteiger charge is 2.29. The lowest BCUT2D eigenvalue weighted by Gasteiger charge is -2.26. The highest BCUT2D eigenvalue weighted by molar-refractivity contribution is 7.89. The maximum absolute atomic E-state index is 13.6. The zero-order valence-electron chi connectivity index (χ0n) is 16.2. The fourth-order valence-corrected chi connectivity index (χ4v) is 5.08. The zero-order valence-corrected chi connectivity index (χ0v) is 17.8. The van der Waals surface area contributed by atoms with Gasteiger partial charge in [0.25, 0.3) is 5.91 Å². The molecule has 1 saturated heterocycles. The number of halogens is 3. The summed E-state index contributed by atoms with van der Waals surface area (Å²) < 4.78 is 58.7. The van der Waals surface area contributed by atoms with Gasteiger partial charge in [0, 0.05) is 19.2 Å². The Labute approximate surface area is 183 Å². The van der Waals surface area contributed by atoms with E-state index < -0.39 is 45.8 Å². The molecule has 1 amide bonds. The highest BCUT2D eigenvalue weighted by atomic mass is 35.5. The number of carbonyl (C=O) groups excluding carboxylic acids is 2. The number of anilines is 1. The number of esters is 1. The zero-order chi connectivity index (χ0) is 22.6. The van der Waals surface area contributed by atoms with Crippen molar-refractivity contribution in [1.29, 1.82) is 0 Å².